The number of amides is 1. The Morgan fingerprint density at radius 1 is 1.15 bits per heavy atom. The molecule has 0 fully saturated rings. The number of allylic oxidation sites excluding steroid dienone is 1. The van der Waals surface area contributed by atoms with Crippen molar-refractivity contribution in [2.45, 2.75) is 12.8 Å². The molecule has 1 aromatic rings. The number of para-hydroxylation sites is 1. The maximum absolute atomic E-state index is 11.5. The van der Waals surface area contributed by atoms with Crippen molar-refractivity contribution in [1.82, 2.24) is 0 Å². The second-order valence-corrected chi connectivity index (χ2v) is 3.02. The van der Waals surface area contributed by atoms with Gasteiger partial charge in [0.25, 0.3) is 0 Å². The molecule has 1 aliphatic rings. The minimum atomic E-state index is 0.175. The first kappa shape index (κ1) is 8.05. The highest BCUT2D eigenvalue weighted by molar-refractivity contribution is 5.95. The van der Waals surface area contributed by atoms with E-state index in [1.54, 1.807) is 4.90 Å². The molecule has 0 atom stereocenters. The van der Waals surface area contributed by atoms with Gasteiger partial charge in [-0.25, -0.2) is 0 Å². The minimum Gasteiger partial charge on any atom is -0.288 e. The van der Waals surface area contributed by atoms with E-state index < -0.39 is 0 Å². The van der Waals surface area contributed by atoms with Gasteiger partial charge in [0.15, 0.2) is 0 Å². The molecule has 0 N–H and O–H groups in total. The molecule has 1 aliphatic heterocycles. The van der Waals surface area contributed by atoms with E-state index in [1.165, 1.54) is 0 Å². The summed E-state index contributed by atoms with van der Waals surface area (Å²) >= 11 is 0. The molecule has 0 aromatic heterocycles. The Bertz CT molecular complexity index is 329. The first-order valence-corrected chi connectivity index (χ1v) is 4.42. The molecule has 0 aliphatic carbocycles. The van der Waals surface area contributed by atoms with Crippen molar-refractivity contribution < 1.29 is 4.79 Å². The van der Waals surface area contributed by atoms with E-state index >= 15 is 0 Å². The second-order valence-electron chi connectivity index (χ2n) is 3.02. The molecular weight excluding hydrogens is 162 g/mol. The first-order valence-electron chi connectivity index (χ1n) is 4.42. The Morgan fingerprint density at radius 3 is 2.62 bits per heavy atom. The highest BCUT2D eigenvalue weighted by Crippen LogP contribution is 2.18. The molecule has 1 heterocycles. The minimum absolute atomic E-state index is 0.175. The van der Waals surface area contributed by atoms with E-state index in [1.807, 2.05) is 42.6 Å². The Labute approximate surface area is 77.5 Å². The zero-order chi connectivity index (χ0) is 9.10. The van der Waals surface area contributed by atoms with Crippen LogP contribution in [0, 0.1) is 0 Å². The van der Waals surface area contributed by atoms with Gasteiger partial charge < -0.3 is 0 Å². The van der Waals surface area contributed by atoms with Gasteiger partial charge in [0.2, 0.25) is 5.91 Å². The average Bonchev–Trinajstić information content (AvgIpc) is 2.20. The summed E-state index contributed by atoms with van der Waals surface area (Å²) in [5.41, 5.74) is 0.948. The number of hydrogen-bond donors (Lipinski definition) is 0. The van der Waals surface area contributed by atoms with Gasteiger partial charge in [-0.05, 0) is 18.6 Å². The molecule has 1 aromatic carbocycles. The van der Waals surface area contributed by atoms with E-state index in [-0.39, 0.29) is 5.91 Å². The van der Waals surface area contributed by atoms with Crippen LogP contribution >= 0.6 is 0 Å². The van der Waals surface area contributed by atoms with Crippen molar-refractivity contribution in [1.29, 1.82) is 0 Å². The largest absolute Gasteiger partial charge is 0.288 e. The topological polar surface area (TPSA) is 20.3 Å². The zero-order valence-electron chi connectivity index (χ0n) is 7.31. The van der Waals surface area contributed by atoms with Crippen LogP contribution in [0.25, 0.3) is 0 Å². The summed E-state index contributed by atoms with van der Waals surface area (Å²) in [6.45, 7) is 0. The van der Waals surface area contributed by atoms with Crippen LogP contribution in [0.1, 0.15) is 12.8 Å². The molecule has 0 spiro atoms. The third-order valence-electron chi connectivity index (χ3n) is 2.08. The van der Waals surface area contributed by atoms with Crippen LogP contribution in [0.15, 0.2) is 42.6 Å². The summed E-state index contributed by atoms with van der Waals surface area (Å²) in [4.78, 5) is 13.2. The first-order chi connectivity index (χ1) is 6.38. The van der Waals surface area contributed by atoms with Gasteiger partial charge in [0.1, 0.15) is 0 Å². The summed E-state index contributed by atoms with van der Waals surface area (Å²) < 4.78 is 0. The number of rotatable bonds is 1. The molecule has 0 saturated heterocycles. The monoisotopic (exact) mass is 173 g/mol. The van der Waals surface area contributed by atoms with Crippen LogP contribution in [0.4, 0.5) is 5.69 Å². The van der Waals surface area contributed by atoms with Gasteiger partial charge in [-0.2, -0.15) is 0 Å². The second kappa shape index (κ2) is 3.44. The Hall–Kier alpha value is -1.57. The molecule has 0 saturated carbocycles. The zero-order valence-corrected chi connectivity index (χ0v) is 7.31. The Kier molecular flexibility index (Phi) is 2.13. The molecule has 66 valence electrons. The number of nitrogens with zero attached hydrogens (tertiary/aromatic N) is 1. The number of benzene rings is 1. The highest BCUT2D eigenvalue weighted by atomic mass is 16.2. The van der Waals surface area contributed by atoms with Gasteiger partial charge in [0.05, 0.1) is 0 Å². The van der Waals surface area contributed by atoms with Gasteiger partial charge in [-0.3, -0.25) is 9.69 Å². The molecule has 0 bridgehead atoms. The SMILES string of the molecule is O=C1CCC=CN1c1ccccc1. The lowest BCUT2D eigenvalue weighted by Gasteiger charge is -2.21. The molecule has 13 heavy (non-hydrogen) atoms. The number of carbonyl (C=O) groups is 1. The maximum atomic E-state index is 11.5. The van der Waals surface area contributed by atoms with Crippen molar-refractivity contribution >= 4 is 11.6 Å². The fourth-order valence-electron chi connectivity index (χ4n) is 1.41. The fourth-order valence-corrected chi connectivity index (χ4v) is 1.41. The van der Waals surface area contributed by atoms with Crippen molar-refractivity contribution in [2.24, 2.45) is 0 Å². The van der Waals surface area contributed by atoms with Crippen LogP contribution in [0.3, 0.4) is 0 Å². The van der Waals surface area contributed by atoms with E-state index in [2.05, 4.69) is 0 Å². The molecule has 1 amide bonds. The van der Waals surface area contributed by atoms with Crippen LogP contribution < -0.4 is 4.90 Å². The molecule has 2 heteroatoms. The summed E-state index contributed by atoms with van der Waals surface area (Å²) in [6, 6.07) is 9.69. The Morgan fingerprint density at radius 2 is 1.92 bits per heavy atom. The van der Waals surface area contributed by atoms with Gasteiger partial charge in [0, 0.05) is 18.3 Å². The van der Waals surface area contributed by atoms with Crippen molar-refractivity contribution in [3.05, 3.63) is 42.6 Å². The van der Waals surface area contributed by atoms with E-state index in [4.69, 9.17) is 0 Å². The summed E-state index contributed by atoms with van der Waals surface area (Å²) in [6.07, 6.45) is 5.35. The van der Waals surface area contributed by atoms with Gasteiger partial charge in [-0.1, -0.05) is 24.3 Å². The van der Waals surface area contributed by atoms with Crippen molar-refractivity contribution in [2.75, 3.05) is 4.90 Å². The molecule has 0 unspecified atom stereocenters. The van der Waals surface area contributed by atoms with E-state index in [9.17, 15) is 4.79 Å². The molecule has 2 rings (SSSR count). The van der Waals surface area contributed by atoms with Crippen molar-refractivity contribution in [3.8, 4) is 0 Å². The van der Waals surface area contributed by atoms with Crippen LogP contribution in [0.2, 0.25) is 0 Å². The normalized spacial score (nSPS) is 16.3. The molecular formula is C11H11NO. The Balaban J connectivity index is 2.30. The fraction of sp³-hybridized carbons (Fsp3) is 0.182. The van der Waals surface area contributed by atoms with Crippen LogP contribution in [-0.4, -0.2) is 5.91 Å². The van der Waals surface area contributed by atoms with Crippen molar-refractivity contribution in [3.63, 3.8) is 0 Å². The number of hydrogen-bond acceptors (Lipinski definition) is 1. The predicted octanol–water partition coefficient (Wildman–Crippen LogP) is 2.33. The lowest BCUT2D eigenvalue weighted by molar-refractivity contribution is -0.118. The smallest absolute Gasteiger partial charge is 0.231 e. The number of carbonyl (C=O) groups excluding carboxylic acids is 1. The van der Waals surface area contributed by atoms with Crippen LogP contribution in [-0.2, 0) is 4.79 Å². The lowest BCUT2D eigenvalue weighted by Crippen LogP contribution is -2.26. The van der Waals surface area contributed by atoms with E-state index in [0.717, 1.165) is 12.1 Å². The lowest BCUT2D eigenvalue weighted by atomic mass is 10.2. The summed E-state index contributed by atoms with van der Waals surface area (Å²) in [5.74, 6) is 0.175. The van der Waals surface area contributed by atoms with Crippen LogP contribution in [0.5, 0.6) is 0 Å². The highest BCUT2D eigenvalue weighted by Gasteiger charge is 2.14. The quantitative estimate of drug-likeness (QED) is 0.638. The summed E-state index contributed by atoms with van der Waals surface area (Å²) in [7, 11) is 0. The average molecular weight is 173 g/mol. The van der Waals surface area contributed by atoms with Gasteiger partial charge in [-0.15, -0.1) is 0 Å². The molecule has 0 radical (unpaired) electrons. The standard InChI is InChI=1S/C11H11NO/c13-11-8-4-5-9-12(11)10-6-2-1-3-7-10/h1-3,5-7,9H,4,8H2. The number of anilines is 1. The maximum Gasteiger partial charge on any atom is 0.231 e. The predicted molar refractivity (Wildman–Crippen MR) is 52.3 cm³/mol. The molecule has 2 nitrogen and oxygen atoms in total. The van der Waals surface area contributed by atoms with Gasteiger partial charge >= 0.3 is 0 Å². The summed E-state index contributed by atoms with van der Waals surface area (Å²) in [5, 5.41) is 0. The third kappa shape index (κ3) is 1.61. The third-order valence-corrected chi connectivity index (χ3v) is 2.08. The van der Waals surface area contributed by atoms with E-state index in [0.29, 0.717) is 6.42 Å².